The SMILES string of the molecule is C=CCc1cc(C=C2NC(=O)N(CC(=O)Nc3cccc(C)c3)C2=O)cc(OCC)c1O. The Morgan fingerprint density at radius 2 is 2.06 bits per heavy atom. The van der Waals surface area contributed by atoms with Crippen LogP contribution in [0, 0.1) is 6.92 Å². The molecule has 2 aromatic carbocycles. The van der Waals surface area contributed by atoms with Crippen LogP contribution in [-0.2, 0) is 16.0 Å². The number of carbonyl (C=O) groups excluding carboxylic acids is 3. The van der Waals surface area contributed by atoms with Gasteiger partial charge in [0.05, 0.1) is 6.61 Å². The number of phenolic OH excluding ortho intramolecular Hbond substituents is 1. The van der Waals surface area contributed by atoms with Crippen LogP contribution in [0.4, 0.5) is 10.5 Å². The first kappa shape index (κ1) is 22.6. The van der Waals surface area contributed by atoms with Gasteiger partial charge >= 0.3 is 6.03 Å². The van der Waals surface area contributed by atoms with E-state index in [0.717, 1.165) is 10.5 Å². The third kappa shape index (κ3) is 5.15. The van der Waals surface area contributed by atoms with Gasteiger partial charge in [-0.3, -0.25) is 9.59 Å². The topological polar surface area (TPSA) is 108 Å². The number of amides is 4. The van der Waals surface area contributed by atoms with E-state index in [9.17, 15) is 19.5 Å². The molecule has 2 aromatic rings. The number of aryl methyl sites for hydroxylation is 1. The van der Waals surface area contributed by atoms with Gasteiger partial charge in [-0.1, -0.05) is 18.2 Å². The van der Waals surface area contributed by atoms with Crippen LogP contribution in [0.2, 0.25) is 0 Å². The quantitative estimate of drug-likeness (QED) is 0.335. The van der Waals surface area contributed by atoms with Crippen LogP contribution in [0.3, 0.4) is 0 Å². The summed E-state index contributed by atoms with van der Waals surface area (Å²) in [5, 5.41) is 15.5. The number of phenols is 1. The zero-order valence-electron chi connectivity index (χ0n) is 18.0. The molecule has 0 bridgehead atoms. The van der Waals surface area contributed by atoms with Gasteiger partial charge in [0.1, 0.15) is 12.2 Å². The number of urea groups is 1. The fourth-order valence-electron chi connectivity index (χ4n) is 3.30. The summed E-state index contributed by atoms with van der Waals surface area (Å²) in [6, 6.07) is 9.78. The molecule has 32 heavy (non-hydrogen) atoms. The van der Waals surface area contributed by atoms with E-state index in [1.54, 1.807) is 43.3 Å². The Morgan fingerprint density at radius 1 is 1.28 bits per heavy atom. The number of imide groups is 1. The number of rotatable bonds is 8. The number of carbonyl (C=O) groups is 3. The lowest BCUT2D eigenvalue weighted by molar-refractivity contribution is -0.127. The second-order valence-corrected chi connectivity index (χ2v) is 7.25. The van der Waals surface area contributed by atoms with Gasteiger partial charge in [0, 0.05) is 11.3 Å². The van der Waals surface area contributed by atoms with Gasteiger partial charge in [-0.15, -0.1) is 6.58 Å². The molecule has 0 radical (unpaired) electrons. The molecular formula is C24H25N3O5. The largest absolute Gasteiger partial charge is 0.504 e. The maximum Gasteiger partial charge on any atom is 0.329 e. The summed E-state index contributed by atoms with van der Waals surface area (Å²) in [5.74, 6) is -0.836. The second kappa shape index (κ2) is 9.82. The minimum absolute atomic E-state index is 0.00475. The minimum atomic E-state index is -0.684. The minimum Gasteiger partial charge on any atom is -0.504 e. The lowest BCUT2D eigenvalue weighted by atomic mass is 10.0. The van der Waals surface area contributed by atoms with E-state index >= 15 is 0 Å². The highest BCUT2D eigenvalue weighted by Gasteiger charge is 2.35. The zero-order valence-corrected chi connectivity index (χ0v) is 18.0. The summed E-state index contributed by atoms with van der Waals surface area (Å²) in [7, 11) is 0. The predicted molar refractivity (Wildman–Crippen MR) is 121 cm³/mol. The third-order valence-corrected chi connectivity index (χ3v) is 4.72. The first-order valence-corrected chi connectivity index (χ1v) is 10.1. The molecule has 4 amide bonds. The second-order valence-electron chi connectivity index (χ2n) is 7.25. The standard InChI is InChI=1S/C24H25N3O5/c1-4-7-17-11-16(13-20(22(17)29)32-5-2)12-19-23(30)27(24(31)26-19)14-21(28)25-18-9-6-8-15(3)10-18/h4,6,8-13,29H,1,5,7,14H2,2-3H3,(H,25,28)(H,26,31). The van der Waals surface area contributed by atoms with Crippen LogP contribution < -0.4 is 15.4 Å². The molecule has 0 atom stereocenters. The van der Waals surface area contributed by atoms with Crippen LogP contribution in [0.5, 0.6) is 11.5 Å². The fourth-order valence-corrected chi connectivity index (χ4v) is 3.30. The van der Waals surface area contributed by atoms with Crippen molar-refractivity contribution in [3.05, 3.63) is 71.4 Å². The lowest BCUT2D eigenvalue weighted by Crippen LogP contribution is -2.38. The van der Waals surface area contributed by atoms with E-state index in [1.165, 1.54) is 6.08 Å². The van der Waals surface area contributed by atoms with E-state index in [-0.39, 0.29) is 17.2 Å². The number of allylic oxidation sites excluding steroid dienone is 1. The number of hydrogen-bond acceptors (Lipinski definition) is 5. The highest BCUT2D eigenvalue weighted by Crippen LogP contribution is 2.33. The number of hydrogen-bond donors (Lipinski definition) is 3. The normalized spacial score (nSPS) is 14.4. The number of nitrogens with zero attached hydrogens (tertiary/aromatic N) is 1. The first-order valence-electron chi connectivity index (χ1n) is 10.1. The molecular weight excluding hydrogens is 410 g/mol. The Labute approximate surface area is 186 Å². The van der Waals surface area contributed by atoms with Crippen LogP contribution in [0.15, 0.2) is 54.8 Å². The first-order chi connectivity index (χ1) is 15.3. The molecule has 0 aliphatic carbocycles. The Morgan fingerprint density at radius 3 is 2.75 bits per heavy atom. The molecule has 166 valence electrons. The Hall–Kier alpha value is -4.07. The summed E-state index contributed by atoms with van der Waals surface area (Å²) < 4.78 is 5.47. The van der Waals surface area contributed by atoms with Crippen molar-refractivity contribution in [3.63, 3.8) is 0 Å². The van der Waals surface area contributed by atoms with Crippen molar-refractivity contribution in [1.82, 2.24) is 10.2 Å². The molecule has 8 nitrogen and oxygen atoms in total. The van der Waals surface area contributed by atoms with Crippen LogP contribution in [0.1, 0.15) is 23.6 Å². The van der Waals surface area contributed by atoms with Crippen LogP contribution in [-0.4, -0.2) is 41.0 Å². The summed E-state index contributed by atoms with van der Waals surface area (Å²) >= 11 is 0. The van der Waals surface area contributed by atoms with Crippen LogP contribution >= 0.6 is 0 Å². The summed E-state index contributed by atoms with van der Waals surface area (Å²) in [5.41, 5.74) is 2.71. The van der Waals surface area contributed by atoms with Crippen molar-refractivity contribution in [2.75, 3.05) is 18.5 Å². The Balaban J connectivity index is 1.79. The van der Waals surface area contributed by atoms with E-state index in [2.05, 4.69) is 17.2 Å². The van der Waals surface area contributed by atoms with Gasteiger partial charge in [0.15, 0.2) is 11.5 Å². The van der Waals surface area contributed by atoms with Gasteiger partial charge in [-0.2, -0.15) is 0 Å². The third-order valence-electron chi connectivity index (χ3n) is 4.72. The smallest absolute Gasteiger partial charge is 0.329 e. The number of aromatic hydroxyl groups is 1. The molecule has 3 rings (SSSR count). The number of nitrogens with one attached hydrogen (secondary N) is 2. The fraction of sp³-hybridized carbons (Fsp3) is 0.208. The number of benzene rings is 2. The number of ether oxygens (including phenoxy) is 1. The molecule has 0 aromatic heterocycles. The lowest BCUT2D eigenvalue weighted by Gasteiger charge is -2.12. The van der Waals surface area contributed by atoms with Crippen molar-refractivity contribution < 1.29 is 24.2 Å². The maximum atomic E-state index is 12.7. The summed E-state index contributed by atoms with van der Waals surface area (Å²) in [4.78, 5) is 38.3. The molecule has 1 saturated heterocycles. The van der Waals surface area contributed by atoms with Gasteiger partial charge in [-0.05, 0) is 61.7 Å². The van der Waals surface area contributed by atoms with Crippen molar-refractivity contribution >= 4 is 29.6 Å². The van der Waals surface area contributed by atoms with Crippen molar-refractivity contribution in [2.45, 2.75) is 20.3 Å². The highest BCUT2D eigenvalue weighted by molar-refractivity contribution is 6.16. The van der Waals surface area contributed by atoms with Gasteiger partial charge < -0.3 is 20.5 Å². The van der Waals surface area contributed by atoms with Crippen molar-refractivity contribution in [1.29, 1.82) is 0 Å². The highest BCUT2D eigenvalue weighted by atomic mass is 16.5. The van der Waals surface area contributed by atoms with E-state index in [0.29, 0.717) is 29.8 Å². The molecule has 8 heteroatoms. The molecule has 1 aliphatic rings. The van der Waals surface area contributed by atoms with Crippen molar-refractivity contribution in [2.24, 2.45) is 0 Å². The molecule has 1 aliphatic heterocycles. The van der Waals surface area contributed by atoms with Gasteiger partial charge in [-0.25, -0.2) is 9.69 Å². The van der Waals surface area contributed by atoms with E-state index in [4.69, 9.17) is 4.74 Å². The average molecular weight is 435 g/mol. The average Bonchev–Trinajstić information content (AvgIpc) is 2.99. The van der Waals surface area contributed by atoms with Crippen LogP contribution in [0.25, 0.3) is 6.08 Å². The summed E-state index contributed by atoms with van der Waals surface area (Å²) in [6.45, 7) is 7.29. The molecule has 0 unspecified atom stereocenters. The maximum absolute atomic E-state index is 12.7. The molecule has 0 spiro atoms. The predicted octanol–water partition coefficient (Wildman–Crippen LogP) is 3.36. The van der Waals surface area contributed by atoms with Gasteiger partial charge in [0.2, 0.25) is 5.91 Å². The molecule has 3 N–H and O–H groups in total. The molecule has 1 fully saturated rings. The van der Waals surface area contributed by atoms with Crippen molar-refractivity contribution in [3.8, 4) is 11.5 Å². The number of anilines is 1. The molecule has 1 heterocycles. The van der Waals surface area contributed by atoms with Gasteiger partial charge in [0.25, 0.3) is 5.91 Å². The van der Waals surface area contributed by atoms with E-state index in [1.807, 2.05) is 13.0 Å². The zero-order chi connectivity index (χ0) is 23.3. The Bertz CT molecular complexity index is 1110. The summed E-state index contributed by atoms with van der Waals surface area (Å²) in [6.07, 6.45) is 3.51. The van der Waals surface area contributed by atoms with E-state index < -0.39 is 24.4 Å². The molecule has 0 saturated carbocycles. The monoisotopic (exact) mass is 435 g/mol. The Kier molecular flexibility index (Phi) is 6.94.